The summed E-state index contributed by atoms with van der Waals surface area (Å²) < 4.78 is 10.6. The molecule has 0 saturated carbocycles. The summed E-state index contributed by atoms with van der Waals surface area (Å²) >= 11 is 0. The number of imide groups is 1. The van der Waals surface area contributed by atoms with E-state index in [1.165, 1.54) is 4.90 Å². The van der Waals surface area contributed by atoms with Crippen molar-refractivity contribution in [3.8, 4) is 11.5 Å². The predicted molar refractivity (Wildman–Crippen MR) is 129 cm³/mol. The number of carbonyl (C=O) groups is 3. The van der Waals surface area contributed by atoms with Crippen molar-refractivity contribution in [2.24, 2.45) is 0 Å². The minimum Gasteiger partial charge on any atom is -0.493 e. The fourth-order valence-corrected chi connectivity index (χ4v) is 4.82. The first kappa shape index (κ1) is 24.5. The van der Waals surface area contributed by atoms with Gasteiger partial charge in [-0.05, 0) is 61.4 Å². The lowest BCUT2D eigenvalue weighted by atomic mass is 9.95. The predicted octanol–water partition coefficient (Wildman–Crippen LogP) is 3.10. The zero-order valence-corrected chi connectivity index (χ0v) is 20.2. The molecular formula is C26H32N4O5. The van der Waals surface area contributed by atoms with E-state index >= 15 is 0 Å². The molecule has 0 spiro atoms. The van der Waals surface area contributed by atoms with Crippen molar-refractivity contribution in [2.75, 3.05) is 27.3 Å². The number of aromatic nitrogens is 1. The molecule has 0 aliphatic carbocycles. The quantitative estimate of drug-likeness (QED) is 0.554. The molecule has 2 aliphatic rings. The van der Waals surface area contributed by atoms with Gasteiger partial charge in [-0.25, -0.2) is 4.79 Å². The molecule has 2 aromatic rings. The lowest BCUT2D eigenvalue weighted by Gasteiger charge is -2.36. The van der Waals surface area contributed by atoms with Crippen molar-refractivity contribution in [3.05, 3.63) is 53.9 Å². The smallest absolute Gasteiger partial charge is 0.324 e. The number of urea groups is 1. The van der Waals surface area contributed by atoms with Crippen LogP contribution in [0.25, 0.3) is 0 Å². The Morgan fingerprint density at radius 2 is 1.97 bits per heavy atom. The topological polar surface area (TPSA) is 101 Å². The molecule has 4 amide bonds. The van der Waals surface area contributed by atoms with Crippen molar-refractivity contribution in [2.45, 2.75) is 50.6 Å². The number of pyridine rings is 1. The van der Waals surface area contributed by atoms with Crippen LogP contribution in [0.5, 0.6) is 11.5 Å². The van der Waals surface area contributed by atoms with Gasteiger partial charge in [-0.2, -0.15) is 0 Å². The van der Waals surface area contributed by atoms with Gasteiger partial charge >= 0.3 is 6.03 Å². The highest BCUT2D eigenvalue weighted by Crippen LogP contribution is 2.31. The molecule has 2 saturated heterocycles. The summed E-state index contributed by atoms with van der Waals surface area (Å²) in [6, 6.07) is 8.32. The molecule has 9 nitrogen and oxygen atoms in total. The summed E-state index contributed by atoms with van der Waals surface area (Å²) in [4.78, 5) is 45.8. The van der Waals surface area contributed by atoms with E-state index in [1.807, 2.05) is 35.4 Å². The van der Waals surface area contributed by atoms with Gasteiger partial charge in [0, 0.05) is 31.9 Å². The first-order valence-corrected chi connectivity index (χ1v) is 12.0. The third-order valence-corrected chi connectivity index (χ3v) is 6.72. The second-order valence-electron chi connectivity index (χ2n) is 8.86. The fourth-order valence-electron chi connectivity index (χ4n) is 4.82. The molecule has 4 rings (SSSR count). The Kier molecular flexibility index (Phi) is 7.84. The second-order valence-corrected chi connectivity index (χ2v) is 8.86. The van der Waals surface area contributed by atoms with Crippen LogP contribution >= 0.6 is 0 Å². The van der Waals surface area contributed by atoms with Crippen LogP contribution in [0.1, 0.15) is 49.3 Å². The fraction of sp³-hybridized carbons (Fsp3) is 0.462. The molecular weight excluding hydrogens is 448 g/mol. The first-order chi connectivity index (χ1) is 17.0. The van der Waals surface area contributed by atoms with Crippen molar-refractivity contribution in [1.82, 2.24) is 20.1 Å². The number of rotatable bonds is 9. The first-order valence-electron chi connectivity index (χ1n) is 12.0. The van der Waals surface area contributed by atoms with Crippen LogP contribution < -0.4 is 14.8 Å². The van der Waals surface area contributed by atoms with E-state index in [2.05, 4.69) is 10.3 Å². The van der Waals surface area contributed by atoms with Crippen molar-refractivity contribution in [1.29, 1.82) is 0 Å². The SMILES string of the molecule is COc1ccc(CCN2C(=O)N[C@H](CCC(=O)N3CCCC[C@@H]3c3cccnc3)C2=O)cc1OC. The lowest BCUT2D eigenvalue weighted by molar-refractivity contribution is -0.135. The van der Waals surface area contributed by atoms with Gasteiger partial charge in [0.15, 0.2) is 11.5 Å². The number of hydrogen-bond donors (Lipinski definition) is 1. The monoisotopic (exact) mass is 480 g/mol. The molecule has 186 valence electrons. The number of carbonyl (C=O) groups excluding carboxylic acids is 3. The van der Waals surface area contributed by atoms with Gasteiger partial charge < -0.3 is 19.7 Å². The molecule has 1 aromatic heterocycles. The standard InChI is InChI=1S/C26H32N4O5/c1-34-22-10-8-18(16-23(22)35-2)12-15-30-25(32)20(28-26(30)33)9-11-24(31)29-14-4-3-7-21(29)19-6-5-13-27-17-19/h5-6,8,10,13,16-17,20-21H,3-4,7,9,11-12,14-15H2,1-2H3,(H,28,33)/t20-,21-/m1/s1. The summed E-state index contributed by atoms with van der Waals surface area (Å²) in [5.41, 5.74) is 1.96. The Hall–Kier alpha value is -3.62. The highest BCUT2D eigenvalue weighted by Gasteiger charge is 2.38. The largest absolute Gasteiger partial charge is 0.493 e. The van der Waals surface area contributed by atoms with E-state index < -0.39 is 12.1 Å². The second kappa shape index (κ2) is 11.2. The molecule has 3 heterocycles. The summed E-state index contributed by atoms with van der Waals surface area (Å²) in [5.74, 6) is 0.937. The molecule has 1 aromatic carbocycles. The summed E-state index contributed by atoms with van der Waals surface area (Å²) in [6.07, 6.45) is 7.45. The molecule has 2 aliphatic heterocycles. The minimum atomic E-state index is -0.682. The van der Waals surface area contributed by atoms with Crippen molar-refractivity contribution < 1.29 is 23.9 Å². The minimum absolute atomic E-state index is 0.00406. The highest BCUT2D eigenvalue weighted by atomic mass is 16.5. The maximum absolute atomic E-state index is 13.1. The number of benzene rings is 1. The van der Waals surface area contributed by atoms with E-state index in [0.29, 0.717) is 24.5 Å². The maximum Gasteiger partial charge on any atom is 0.324 e. The lowest BCUT2D eigenvalue weighted by Crippen LogP contribution is -2.39. The maximum atomic E-state index is 13.1. The third-order valence-electron chi connectivity index (χ3n) is 6.72. The molecule has 0 radical (unpaired) electrons. The number of hydrogen-bond acceptors (Lipinski definition) is 6. The number of ether oxygens (including phenoxy) is 2. The van der Waals surface area contributed by atoms with Gasteiger partial charge in [0.05, 0.1) is 20.3 Å². The van der Waals surface area contributed by atoms with E-state index in [0.717, 1.165) is 30.4 Å². The van der Waals surface area contributed by atoms with Crippen LogP contribution in [0.3, 0.4) is 0 Å². The molecule has 1 N–H and O–H groups in total. The summed E-state index contributed by atoms with van der Waals surface area (Å²) in [7, 11) is 3.13. The number of likely N-dealkylation sites (tertiary alicyclic amines) is 1. The number of nitrogens with zero attached hydrogens (tertiary/aromatic N) is 3. The molecule has 9 heteroatoms. The number of amides is 4. The average Bonchev–Trinajstić information content (AvgIpc) is 3.18. The number of methoxy groups -OCH3 is 2. The summed E-state index contributed by atoms with van der Waals surface area (Å²) in [5, 5.41) is 2.74. The Morgan fingerprint density at radius 1 is 1.14 bits per heavy atom. The average molecular weight is 481 g/mol. The van der Waals surface area contributed by atoms with Crippen LogP contribution in [0.4, 0.5) is 4.79 Å². The Bertz CT molecular complexity index is 1060. The van der Waals surface area contributed by atoms with Crippen LogP contribution in [0, 0.1) is 0 Å². The molecule has 2 atom stereocenters. The zero-order chi connectivity index (χ0) is 24.8. The van der Waals surface area contributed by atoms with Gasteiger partial charge in [-0.15, -0.1) is 0 Å². The van der Waals surface area contributed by atoms with Gasteiger partial charge in [0.25, 0.3) is 5.91 Å². The number of nitrogens with one attached hydrogen (secondary N) is 1. The van der Waals surface area contributed by atoms with E-state index in [1.54, 1.807) is 26.5 Å². The Balaban J connectivity index is 1.32. The van der Waals surface area contributed by atoms with Crippen molar-refractivity contribution >= 4 is 17.8 Å². The Labute approximate surface area is 205 Å². The molecule has 0 unspecified atom stereocenters. The summed E-state index contributed by atoms with van der Waals surface area (Å²) in [6.45, 7) is 0.945. The van der Waals surface area contributed by atoms with E-state index in [9.17, 15) is 14.4 Å². The van der Waals surface area contributed by atoms with Gasteiger partial charge in [-0.3, -0.25) is 19.5 Å². The number of piperidine rings is 1. The molecule has 0 bridgehead atoms. The highest BCUT2D eigenvalue weighted by molar-refractivity contribution is 6.04. The normalized spacial score (nSPS) is 20.1. The zero-order valence-electron chi connectivity index (χ0n) is 20.2. The van der Waals surface area contributed by atoms with Crippen LogP contribution in [0.15, 0.2) is 42.7 Å². The molecule has 35 heavy (non-hydrogen) atoms. The van der Waals surface area contributed by atoms with Gasteiger partial charge in [-0.1, -0.05) is 12.1 Å². The van der Waals surface area contributed by atoms with Gasteiger partial charge in [0.1, 0.15) is 6.04 Å². The van der Waals surface area contributed by atoms with Crippen LogP contribution in [-0.4, -0.2) is 66.0 Å². The molecule has 2 fully saturated rings. The van der Waals surface area contributed by atoms with E-state index in [4.69, 9.17) is 9.47 Å². The van der Waals surface area contributed by atoms with Crippen LogP contribution in [0.2, 0.25) is 0 Å². The van der Waals surface area contributed by atoms with Crippen LogP contribution in [-0.2, 0) is 16.0 Å². The van der Waals surface area contributed by atoms with Crippen molar-refractivity contribution in [3.63, 3.8) is 0 Å². The van der Waals surface area contributed by atoms with E-state index in [-0.39, 0.29) is 37.2 Å². The Morgan fingerprint density at radius 3 is 2.71 bits per heavy atom. The van der Waals surface area contributed by atoms with Gasteiger partial charge in [0.2, 0.25) is 5.91 Å². The third kappa shape index (κ3) is 5.55.